The van der Waals surface area contributed by atoms with Crippen LogP contribution in [0.1, 0.15) is 19.8 Å². The van der Waals surface area contributed by atoms with Crippen LogP contribution in [0, 0.1) is 0 Å². The molecule has 1 aliphatic heterocycles. The predicted molar refractivity (Wildman–Crippen MR) is 65.9 cm³/mol. The van der Waals surface area contributed by atoms with E-state index in [4.69, 9.17) is 11.6 Å². The van der Waals surface area contributed by atoms with E-state index in [-0.39, 0.29) is 11.9 Å². The standard InChI is InChI=1S/C11H15ClN4O/c1-2-11(17)16-4-3-8(7-16)14-10-6-13-5-9(12)15-10/h5-6,8H,2-4,7H2,1H3,(H,14,15). The summed E-state index contributed by atoms with van der Waals surface area (Å²) in [7, 11) is 0. The van der Waals surface area contributed by atoms with E-state index in [1.807, 2.05) is 11.8 Å². The lowest BCUT2D eigenvalue weighted by atomic mass is 10.2. The highest BCUT2D eigenvalue weighted by Gasteiger charge is 2.25. The average Bonchev–Trinajstić information content (AvgIpc) is 2.76. The van der Waals surface area contributed by atoms with E-state index in [0.717, 1.165) is 19.5 Å². The van der Waals surface area contributed by atoms with Gasteiger partial charge in [0.15, 0.2) is 0 Å². The smallest absolute Gasteiger partial charge is 0.222 e. The van der Waals surface area contributed by atoms with E-state index in [0.29, 0.717) is 17.4 Å². The molecule has 0 spiro atoms. The van der Waals surface area contributed by atoms with Gasteiger partial charge in [-0.3, -0.25) is 9.78 Å². The number of amides is 1. The minimum absolute atomic E-state index is 0.200. The van der Waals surface area contributed by atoms with Crippen molar-refractivity contribution in [3.63, 3.8) is 0 Å². The van der Waals surface area contributed by atoms with Gasteiger partial charge >= 0.3 is 0 Å². The third kappa shape index (κ3) is 3.06. The molecule has 0 aromatic carbocycles. The first-order valence-corrected chi connectivity index (χ1v) is 6.08. The van der Waals surface area contributed by atoms with Gasteiger partial charge in [0.2, 0.25) is 5.91 Å². The molecule has 2 heterocycles. The minimum Gasteiger partial charge on any atom is -0.364 e. The van der Waals surface area contributed by atoms with Gasteiger partial charge in [-0.1, -0.05) is 18.5 Å². The Morgan fingerprint density at radius 3 is 3.18 bits per heavy atom. The molecular weight excluding hydrogens is 240 g/mol. The second kappa shape index (κ2) is 5.31. The van der Waals surface area contributed by atoms with Gasteiger partial charge < -0.3 is 10.2 Å². The summed E-state index contributed by atoms with van der Waals surface area (Å²) >= 11 is 5.75. The van der Waals surface area contributed by atoms with Gasteiger partial charge in [0.05, 0.1) is 12.4 Å². The van der Waals surface area contributed by atoms with E-state index in [9.17, 15) is 4.79 Å². The molecule has 1 fully saturated rings. The summed E-state index contributed by atoms with van der Waals surface area (Å²) in [5, 5.41) is 3.61. The second-order valence-corrected chi connectivity index (χ2v) is 4.44. The number of likely N-dealkylation sites (tertiary alicyclic amines) is 1. The Balaban J connectivity index is 1.92. The zero-order chi connectivity index (χ0) is 12.3. The van der Waals surface area contributed by atoms with Crippen molar-refractivity contribution in [2.45, 2.75) is 25.8 Å². The van der Waals surface area contributed by atoms with E-state index >= 15 is 0 Å². The Bertz CT molecular complexity index is 412. The fourth-order valence-corrected chi connectivity index (χ4v) is 2.10. The molecule has 1 N–H and O–H groups in total. The fraction of sp³-hybridized carbons (Fsp3) is 0.545. The van der Waals surface area contributed by atoms with Gasteiger partial charge in [0, 0.05) is 25.6 Å². The molecule has 17 heavy (non-hydrogen) atoms. The number of nitrogens with zero attached hydrogens (tertiary/aromatic N) is 3. The Hall–Kier alpha value is -1.36. The molecule has 1 aliphatic rings. The number of anilines is 1. The average molecular weight is 255 g/mol. The molecule has 0 radical (unpaired) electrons. The van der Waals surface area contributed by atoms with E-state index in [2.05, 4.69) is 15.3 Å². The zero-order valence-electron chi connectivity index (χ0n) is 9.69. The first kappa shape index (κ1) is 12.1. The quantitative estimate of drug-likeness (QED) is 0.889. The Morgan fingerprint density at radius 1 is 1.65 bits per heavy atom. The molecule has 1 aromatic rings. The molecule has 1 atom stereocenters. The van der Waals surface area contributed by atoms with Crippen molar-refractivity contribution >= 4 is 23.3 Å². The maximum absolute atomic E-state index is 11.5. The third-order valence-corrected chi connectivity index (χ3v) is 2.98. The molecule has 1 saturated heterocycles. The van der Waals surface area contributed by atoms with Crippen molar-refractivity contribution in [2.75, 3.05) is 18.4 Å². The third-order valence-electron chi connectivity index (χ3n) is 2.80. The van der Waals surface area contributed by atoms with Gasteiger partial charge in [0.1, 0.15) is 11.0 Å². The number of carbonyl (C=O) groups excluding carboxylic acids is 1. The number of rotatable bonds is 3. The van der Waals surface area contributed by atoms with Crippen LogP contribution in [0.25, 0.3) is 0 Å². The molecule has 6 heteroatoms. The molecule has 0 saturated carbocycles. The van der Waals surface area contributed by atoms with Crippen molar-refractivity contribution < 1.29 is 4.79 Å². The normalized spacial score (nSPS) is 19.4. The Labute approximate surface area is 105 Å². The first-order chi connectivity index (χ1) is 8.19. The molecule has 1 unspecified atom stereocenters. The first-order valence-electron chi connectivity index (χ1n) is 5.71. The van der Waals surface area contributed by atoms with E-state index in [1.54, 1.807) is 6.20 Å². The zero-order valence-corrected chi connectivity index (χ0v) is 10.4. The van der Waals surface area contributed by atoms with Crippen LogP contribution in [0.15, 0.2) is 12.4 Å². The number of halogens is 1. The van der Waals surface area contributed by atoms with Crippen LogP contribution >= 0.6 is 11.6 Å². The molecule has 1 aromatic heterocycles. The summed E-state index contributed by atoms with van der Waals surface area (Å²) in [6.07, 6.45) is 4.62. The van der Waals surface area contributed by atoms with Crippen molar-refractivity contribution in [3.05, 3.63) is 17.5 Å². The summed E-state index contributed by atoms with van der Waals surface area (Å²) < 4.78 is 0. The van der Waals surface area contributed by atoms with Gasteiger partial charge in [-0.05, 0) is 6.42 Å². The summed E-state index contributed by atoms with van der Waals surface area (Å²) in [6.45, 7) is 3.41. The van der Waals surface area contributed by atoms with Gasteiger partial charge in [-0.2, -0.15) is 0 Å². The number of hydrogen-bond donors (Lipinski definition) is 1. The lowest BCUT2D eigenvalue weighted by Gasteiger charge is -2.16. The van der Waals surface area contributed by atoms with Crippen molar-refractivity contribution in [2.24, 2.45) is 0 Å². The van der Waals surface area contributed by atoms with Crippen LogP contribution in [0.5, 0.6) is 0 Å². The molecular formula is C11H15ClN4O. The van der Waals surface area contributed by atoms with Crippen LogP contribution < -0.4 is 5.32 Å². The Kier molecular flexibility index (Phi) is 3.78. The number of carbonyl (C=O) groups is 1. The summed E-state index contributed by atoms with van der Waals surface area (Å²) in [5.41, 5.74) is 0. The van der Waals surface area contributed by atoms with Crippen molar-refractivity contribution in [3.8, 4) is 0 Å². The van der Waals surface area contributed by atoms with Crippen molar-refractivity contribution in [1.29, 1.82) is 0 Å². The number of aromatic nitrogens is 2. The predicted octanol–water partition coefficient (Wildman–Crippen LogP) is 1.55. The second-order valence-electron chi connectivity index (χ2n) is 4.05. The van der Waals surface area contributed by atoms with E-state index < -0.39 is 0 Å². The summed E-state index contributed by atoms with van der Waals surface area (Å²) in [6, 6.07) is 0.235. The molecule has 0 aliphatic carbocycles. The van der Waals surface area contributed by atoms with Crippen LogP contribution in [0.2, 0.25) is 5.15 Å². The summed E-state index contributed by atoms with van der Waals surface area (Å²) in [4.78, 5) is 21.5. The largest absolute Gasteiger partial charge is 0.364 e. The highest BCUT2D eigenvalue weighted by molar-refractivity contribution is 6.29. The van der Waals surface area contributed by atoms with Crippen molar-refractivity contribution in [1.82, 2.24) is 14.9 Å². The minimum atomic E-state index is 0.200. The lowest BCUT2D eigenvalue weighted by Crippen LogP contribution is -2.31. The van der Waals surface area contributed by atoms with Crippen LogP contribution in [0.4, 0.5) is 5.82 Å². The Morgan fingerprint density at radius 2 is 2.47 bits per heavy atom. The fourth-order valence-electron chi connectivity index (χ4n) is 1.95. The SMILES string of the molecule is CCC(=O)N1CCC(Nc2cncc(Cl)n2)C1. The number of nitrogens with one attached hydrogen (secondary N) is 1. The maximum Gasteiger partial charge on any atom is 0.222 e. The van der Waals surface area contributed by atoms with Crippen LogP contribution in [-0.4, -0.2) is 39.9 Å². The van der Waals surface area contributed by atoms with Crippen LogP contribution in [0.3, 0.4) is 0 Å². The topological polar surface area (TPSA) is 58.1 Å². The van der Waals surface area contributed by atoms with Gasteiger partial charge in [-0.15, -0.1) is 0 Å². The maximum atomic E-state index is 11.5. The monoisotopic (exact) mass is 254 g/mol. The lowest BCUT2D eigenvalue weighted by molar-refractivity contribution is -0.129. The number of hydrogen-bond acceptors (Lipinski definition) is 4. The molecule has 92 valence electrons. The summed E-state index contributed by atoms with van der Waals surface area (Å²) in [5.74, 6) is 0.861. The van der Waals surface area contributed by atoms with Gasteiger partial charge in [0.25, 0.3) is 0 Å². The molecule has 1 amide bonds. The molecule has 0 bridgehead atoms. The van der Waals surface area contributed by atoms with Gasteiger partial charge in [-0.25, -0.2) is 4.98 Å². The molecule has 5 nitrogen and oxygen atoms in total. The van der Waals surface area contributed by atoms with Crippen LogP contribution in [-0.2, 0) is 4.79 Å². The van der Waals surface area contributed by atoms with E-state index in [1.165, 1.54) is 6.20 Å². The highest BCUT2D eigenvalue weighted by Crippen LogP contribution is 2.15. The molecule has 2 rings (SSSR count). The highest BCUT2D eigenvalue weighted by atomic mass is 35.5.